The first-order chi connectivity index (χ1) is 8.88. The van der Waals surface area contributed by atoms with Gasteiger partial charge in [0.05, 0.1) is 0 Å². The van der Waals surface area contributed by atoms with Crippen LogP contribution in [0.25, 0.3) is 5.57 Å². The van der Waals surface area contributed by atoms with Crippen LogP contribution in [0.3, 0.4) is 0 Å². The molecule has 1 N–H and O–H groups in total. The van der Waals surface area contributed by atoms with E-state index in [9.17, 15) is 4.79 Å². The number of carbonyl (C=O) groups is 1. The molecule has 0 atom stereocenters. The lowest BCUT2D eigenvalue weighted by Gasteiger charge is -2.25. The van der Waals surface area contributed by atoms with Crippen LogP contribution in [0.4, 0.5) is 0 Å². The molecule has 0 aliphatic heterocycles. The molecular formula is C17H22O2. The Morgan fingerprint density at radius 1 is 1.16 bits per heavy atom. The molecule has 1 aromatic carbocycles. The Morgan fingerprint density at radius 2 is 1.79 bits per heavy atom. The van der Waals surface area contributed by atoms with E-state index >= 15 is 0 Å². The maximum atomic E-state index is 11.0. The molecule has 0 bridgehead atoms. The molecule has 2 heteroatoms. The fourth-order valence-corrected chi connectivity index (χ4v) is 2.76. The van der Waals surface area contributed by atoms with Crippen molar-refractivity contribution in [2.45, 2.75) is 46.5 Å². The molecule has 0 amide bonds. The van der Waals surface area contributed by atoms with Gasteiger partial charge in [0.1, 0.15) is 0 Å². The molecule has 2 rings (SSSR count). The van der Waals surface area contributed by atoms with E-state index in [0.29, 0.717) is 0 Å². The summed E-state index contributed by atoms with van der Waals surface area (Å²) in [5.74, 6) is -0.873. The average Bonchev–Trinajstić information content (AvgIpc) is 2.34. The van der Waals surface area contributed by atoms with Gasteiger partial charge in [0.2, 0.25) is 0 Å². The molecule has 2 nitrogen and oxygen atoms in total. The van der Waals surface area contributed by atoms with Crippen LogP contribution >= 0.6 is 0 Å². The minimum atomic E-state index is -0.873. The third-order valence-electron chi connectivity index (χ3n) is 3.74. The summed E-state index contributed by atoms with van der Waals surface area (Å²) in [5, 5.41) is 9.07. The van der Waals surface area contributed by atoms with Crippen LogP contribution < -0.4 is 0 Å². The van der Waals surface area contributed by atoms with Crippen molar-refractivity contribution in [3.8, 4) is 0 Å². The molecule has 0 saturated heterocycles. The Kier molecular flexibility index (Phi) is 3.79. The highest BCUT2D eigenvalue weighted by Crippen LogP contribution is 2.35. The third kappa shape index (κ3) is 3.25. The first-order valence-corrected chi connectivity index (χ1v) is 6.95. The summed E-state index contributed by atoms with van der Waals surface area (Å²) in [6.45, 7) is 6.17. The molecule has 0 spiro atoms. The normalized spacial score (nSPS) is 16.1. The predicted octanol–water partition coefficient (Wildman–Crippen LogP) is 4.08. The van der Waals surface area contributed by atoms with Crippen molar-refractivity contribution in [2.24, 2.45) is 5.41 Å². The number of fused-ring (bicyclic) bond motifs is 1. The number of allylic oxidation sites excluding steroid dienone is 1. The number of hydrogen-bond acceptors (Lipinski definition) is 1. The van der Waals surface area contributed by atoms with Gasteiger partial charge in [0.15, 0.2) is 0 Å². The molecule has 1 aliphatic carbocycles. The first-order valence-electron chi connectivity index (χ1n) is 6.95. The molecule has 102 valence electrons. The van der Waals surface area contributed by atoms with E-state index < -0.39 is 5.97 Å². The van der Waals surface area contributed by atoms with Gasteiger partial charge in [0.25, 0.3) is 0 Å². The number of carboxylic acids is 1. The van der Waals surface area contributed by atoms with Crippen LogP contribution in [0.15, 0.2) is 24.3 Å². The summed E-state index contributed by atoms with van der Waals surface area (Å²) < 4.78 is 0. The molecule has 0 heterocycles. The third-order valence-corrected chi connectivity index (χ3v) is 3.74. The van der Waals surface area contributed by atoms with Crippen molar-refractivity contribution in [3.63, 3.8) is 0 Å². The van der Waals surface area contributed by atoms with Gasteiger partial charge in [-0.2, -0.15) is 0 Å². The Hall–Kier alpha value is -1.57. The summed E-state index contributed by atoms with van der Waals surface area (Å²) in [6.07, 6.45) is 6.13. The van der Waals surface area contributed by atoms with Crippen LogP contribution in [-0.4, -0.2) is 11.1 Å². The Bertz CT molecular complexity index is 519. The summed E-state index contributed by atoms with van der Waals surface area (Å²) in [5.41, 5.74) is 4.60. The Balaban J connectivity index is 2.46. The largest absolute Gasteiger partial charge is 0.478 e. The second-order valence-electron chi connectivity index (χ2n) is 6.34. The van der Waals surface area contributed by atoms with Gasteiger partial charge in [-0.3, -0.25) is 0 Å². The van der Waals surface area contributed by atoms with Gasteiger partial charge in [-0.25, -0.2) is 4.79 Å². The van der Waals surface area contributed by atoms with Crippen LogP contribution in [0, 0.1) is 5.41 Å². The number of aryl methyl sites for hydroxylation is 2. The van der Waals surface area contributed by atoms with Crippen LogP contribution in [-0.2, 0) is 17.6 Å². The maximum absolute atomic E-state index is 11.0. The molecule has 1 aliphatic rings. The van der Waals surface area contributed by atoms with Gasteiger partial charge in [-0.15, -0.1) is 0 Å². The molecule has 1 aromatic rings. The fourth-order valence-electron chi connectivity index (χ4n) is 2.76. The smallest absolute Gasteiger partial charge is 0.328 e. The standard InChI is InChI=1S/C17H22O2/c1-17(2,3)15(11-16(18)19)14-9-8-12-6-4-5-7-13(12)10-14/h8-11H,4-7H2,1-3H3,(H,18,19)/b15-11-. The minimum Gasteiger partial charge on any atom is -0.478 e. The molecule has 0 unspecified atom stereocenters. The topological polar surface area (TPSA) is 37.3 Å². The van der Waals surface area contributed by atoms with Crippen molar-refractivity contribution >= 4 is 11.5 Å². The molecule has 0 aromatic heterocycles. The lowest BCUT2D eigenvalue weighted by Crippen LogP contribution is -2.12. The zero-order valence-corrected chi connectivity index (χ0v) is 12.0. The fraction of sp³-hybridized carbons (Fsp3) is 0.471. The number of benzene rings is 1. The number of aliphatic carboxylic acids is 1. The first kappa shape index (κ1) is 13.9. The second kappa shape index (κ2) is 5.20. The van der Waals surface area contributed by atoms with E-state index in [1.54, 1.807) is 0 Å². The predicted molar refractivity (Wildman–Crippen MR) is 78.2 cm³/mol. The number of hydrogen-bond donors (Lipinski definition) is 1. The zero-order valence-electron chi connectivity index (χ0n) is 12.0. The highest BCUT2D eigenvalue weighted by atomic mass is 16.4. The molecule has 0 fully saturated rings. The van der Waals surface area contributed by atoms with Crippen LogP contribution in [0.2, 0.25) is 0 Å². The van der Waals surface area contributed by atoms with E-state index in [2.05, 4.69) is 39.0 Å². The van der Waals surface area contributed by atoms with Crippen molar-refractivity contribution in [1.82, 2.24) is 0 Å². The van der Waals surface area contributed by atoms with E-state index in [4.69, 9.17) is 5.11 Å². The molecule has 19 heavy (non-hydrogen) atoms. The van der Waals surface area contributed by atoms with Crippen molar-refractivity contribution in [2.75, 3.05) is 0 Å². The monoisotopic (exact) mass is 258 g/mol. The number of rotatable bonds is 2. The summed E-state index contributed by atoms with van der Waals surface area (Å²) in [4.78, 5) is 11.0. The van der Waals surface area contributed by atoms with E-state index in [-0.39, 0.29) is 5.41 Å². The molecule has 0 saturated carbocycles. The van der Waals surface area contributed by atoms with Gasteiger partial charge < -0.3 is 5.11 Å². The lowest BCUT2D eigenvalue weighted by atomic mass is 9.80. The van der Waals surface area contributed by atoms with E-state index in [0.717, 1.165) is 24.0 Å². The zero-order chi connectivity index (χ0) is 14.0. The van der Waals surface area contributed by atoms with Gasteiger partial charge in [-0.1, -0.05) is 39.0 Å². The van der Waals surface area contributed by atoms with E-state index in [1.807, 2.05) is 0 Å². The molecular weight excluding hydrogens is 236 g/mol. The second-order valence-corrected chi connectivity index (χ2v) is 6.34. The number of carboxylic acid groups (broad SMARTS) is 1. The highest BCUT2D eigenvalue weighted by Gasteiger charge is 2.21. The maximum Gasteiger partial charge on any atom is 0.328 e. The minimum absolute atomic E-state index is 0.165. The van der Waals surface area contributed by atoms with Crippen molar-refractivity contribution in [1.29, 1.82) is 0 Å². The Morgan fingerprint density at radius 3 is 2.37 bits per heavy atom. The van der Waals surface area contributed by atoms with Crippen molar-refractivity contribution in [3.05, 3.63) is 41.0 Å². The quantitative estimate of drug-likeness (QED) is 0.812. The average molecular weight is 258 g/mol. The van der Waals surface area contributed by atoms with Crippen LogP contribution in [0.1, 0.15) is 50.3 Å². The van der Waals surface area contributed by atoms with Crippen molar-refractivity contribution < 1.29 is 9.90 Å². The SMILES string of the molecule is CC(C)(C)/C(=C\C(=O)O)c1ccc2c(c1)CCCC2. The highest BCUT2D eigenvalue weighted by molar-refractivity contribution is 5.91. The summed E-state index contributed by atoms with van der Waals surface area (Å²) in [6, 6.07) is 6.43. The van der Waals surface area contributed by atoms with Gasteiger partial charge in [0, 0.05) is 6.08 Å². The lowest BCUT2D eigenvalue weighted by molar-refractivity contribution is -0.131. The Labute approximate surface area is 115 Å². The summed E-state index contributed by atoms with van der Waals surface area (Å²) >= 11 is 0. The van der Waals surface area contributed by atoms with Gasteiger partial charge >= 0.3 is 5.97 Å². The van der Waals surface area contributed by atoms with Crippen LogP contribution in [0.5, 0.6) is 0 Å². The van der Waals surface area contributed by atoms with E-state index in [1.165, 1.54) is 30.0 Å². The van der Waals surface area contributed by atoms with Gasteiger partial charge in [-0.05, 0) is 53.4 Å². The summed E-state index contributed by atoms with van der Waals surface area (Å²) in [7, 11) is 0. The molecule has 0 radical (unpaired) electrons.